The van der Waals surface area contributed by atoms with Crippen molar-refractivity contribution in [2.24, 2.45) is 0 Å². The predicted molar refractivity (Wildman–Crippen MR) is 115 cm³/mol. The number of carbonyl (C=O) groups excluding carboxylic acids is 2. The highest BCUT2D eigenvalue weighted by molar-refractivity contribution is 7.16. The van der Waals surface area contributed by atoms with E-state index in [9.17, 15) is 9.59 Å². The molecule has 0 fully saturated rings. The molecule has 0 spiro atoms. The molecule has 0 aliphatic carbocycles. The zero-order valence-corrected chi connectivity index (χ0v) is 16.7. The van der Waals surface area contributed by atoms with E-state index in [-0.39, 0.29) is 11.8 Å². The first-order valence-electron chi connectivity index (χ1n) is 8.94. The van der Waals surface area contributed by atoms with Crippen molar-refractivity contribution >= 4 is 34.5 Å². The van der Waals surface area contributed by atoms with Crippen LogP contribution in [0.2, 0.25) is 0 Å². The number of nitrogens with zero attached hydrogens (tertiary/aromatic N) is 3. The van der Waals surface area contributed by atoms with E-state index in [1.807, 2.05) is 12.1 Å². The molecule has 2 aromatic heterocycles. The second-order valence-electron chi connectivity index (χ2n) is 6.19. The summed E-state index contributed by atoms with van der Waals surface area (Å²) < 4.78 is 6.78. The highest BCUT2D eigenvalue weighted by Crippen LogP contribution is 2.22. The summed E-state index contributed by atoms with van der Waals surface area (Å²) in [7, 11) is 1.56. The van der Waals surface area contributed by atoms with E-state index in [1.165, 1.54) is 6.33 Å². The molecule has 0 unspecified atom stereocenters. The summed E-state index contributed by atoms with van der Waals surface area (Å²) >= 11 is 1.12. The first-order valence-corrected chi connectivity index (χ1v) is 9.76. The Labute approximate surface area is 176 Å². The van der Waals surface area contributed by atoms with Crippen LogP contribution in [-0.2, 0) is 0 Å². The van der Waals surface area contributed by atoms with Gasteiger partial charge in [-0.25, -0.2) is 9.67 Å². The predicted octanol–water partition coefficient (Wildman–Crippen LogP) is 3.84. The second-order valence-corrected chi connectivity index (χ2v) is 7.27. The molecule has 2 aromatic carbocycles. The molecule has 8 nitrogen and oxygen atoms in total. The number of rotatable bonds is 6. The minimum absolute atomic E-state index is 0.283. The molecule has 4 aromatic rings. The lowest BCUT2D eigenvalue weighted by Crippen LogP contribution is -2.11. The standard InChI is InChI=1S/C21H17N5O3S/c1-29-17-4-2-3-15(11-17)25-21(28)19-10-9-18(30-19)20(27)24-14-5-7-16(8-6-14)26-13-22-12-23-26/h2-13H,1H3,(H,24,27)(H,25,28). The molecule has 30 heavy (non-hydrogen) atoms. The molecular formula is C21H17N5O3S. The minimum Gasteiger partial charge on any atom is -0.497 e. The van der Waals surface area contributed by atoms with Crippen molar-refractivity contribution in [3.05, 3.63) is 83.1 Å². The van der Waals surface area contributed by atoms with Gasteiger partial charge in [0.05, 0.1) is 22.6 Å². The molecule has 150 valence electrons. The first-order chi connectivity index (χ1) is 14.6. The number of nitrogens with one attached hydrogen (secondary N) is 2. The monoisotopic (exact) mass is 419 g/mol. The van der Waals surface area contributed by atoms with E-state index in [0.29, 0.717) is 26.9 Å². The largest absolute Gasteiger partial charge is 0.497 e. The van der Waals surface area contributed by atoms with Crippen LogP contribution < -0.4 is 15.4 Å². The van der Waals surface area contributed by atoms with Gasteiger partial charge in [-0.05, 0) is 48.5 Å². The van der Waals surface area contributed by atoms with Gasteiger partial charge in [0.15, 0.2) is 0 Å². The Hall–Kier alpha value is -3.98. The molecule has 0 radical (unpaired) electrons. The molecule has 0 atom stereocenters. The van der Waals surface area contributed by atoms with Crippen LogP contribution in [0.4, 0.5) is 11.4 Å². The Morgan fingerprint density at radius 1 is 0.933 bits per heavy atom. The van der Waals surface area contributed by atoms with Crippen LogP contribution in [0.5, 0.6) is 5.75 Å². The van der Waals surface area contributed by atoms with E-state index >= 15 is 0 Å². The summed E-state index contributed by atoms with van der Waals surface area (Å²) in [6, 6.07) is 17.5. The first kappa shape index (κ1) is 19.3. The average Bonchev–Trinajstić information content (AvgIpc) is 3.47. The Balaban J connectivity index is 1.40. The molecule has 0 saturated heterocycles. The second kappa shape index (κ2) is 8.58. The number of carbonyl (C=O) groups is 2. The van der Waals surface area contributed by atoms with E-state index < -0.39 is 0 Å². The summed E-state index contributed by atoms with van der Waals surface area (Å²) in [5.41, 5.74) is 2.09. The Morgan fingerprint density at radius 3 is 2.27 bits per heavy atom. The average molecular weight is 419 g/mol. The molecular weight excluding hydrogens is 402 g/mol. The van der Waals surface area contributed by atoms with Crippen LogP contribution in [0.1, 0.15) is 19.3 Å². The topological polar surface area (TPSA) is 98.1 Å². The van der Waals surface area contributed by atoms with Crippen molar-refractivity contribution in [2.75, 3.05) is 17.7 Å². The maximum atomic E-state index is 12.5. The minimum atomic E-state index is -0.288. The van der Waals surface area contributed by atoms with Gasteiger partial charge in [-0.2, -0.15) is 5.10 Å². The quantitative estimate of drug-likeness (QED) is 0.495. The molecule has 0 bridgehead atoms. The number of hydrogen-bond donors (Lipinski definition) is 2. The van der Waals surface area contributed by atoms with Gasteiger partial charge in [0.2, 0.25) is 0 Å². The maximum Gasteiger partial charge on any atom is 0.265 e. The Bertz CT molecular complexity index is 1170. The molecule has 2 amide bonds. The summed E-state index contributed by atoms with van der Waals surface area (Å²) in [5, 5.41) is 9.69. The van der Waals surface area contributed by atoms with Crippen molar-refractivity contribution in [2.45, 2.75) is 0 Å². The van der Waals surface area contributed by atoms with Gasteiger partial charge in [-0.3, -0.25) is 9.59 Å². The van der Waals surface area contributed by atoms with Crippen molar-refractivity contribution < 1.29 is 14.3 Å². The van der Waals surface area contributed by atoms with Gasteiger partial charge in [0.1, 0.15) is 18.4 Å². The highest BCUT2D eigenvalue weighted by atomic mass is 32.1. The van der Waals surface area contributed by atoms with Crippen molar-refractivity contribution in [1.29, 1.82) is 0 Å². The number of aromatic nitrogens is 3. The summed E-state index contributed by atoms with van der Waals surface area (Å²) in [6.45, 7) is 0. The highest BCUT2D eigenvalue weighted by Gasteiger charge is 2.14. The van der Waals surface area contributed by atoms with Crippen molar-refractivity contribution in [3.8, 4) is 11.4 Å². The lowest BCUT2D eigenvalue weighted by molar-refractivity contribution is 0.102. The van der Waals surface area contributed by atoms with E-state index in [1.54, 1.807) is 66.6 Å². The summed E-state index contributed by atoms with van der Waals surface area (Å²) in [6.07, 6.45) is 3.05. The summed E-state index contributed by atoms with van der Waals surface area (Å²) in [4.78, 5) is 29.8. The van der Waals surface area contributed by atoms with E-state index in [4.69, 9.17) is 4.74 Å². The van der Waals surface area contributed by atoms with Crippen LogP contribution in [0.3, 0.4) is 0 Å². The summed E-state index contributed by atoms with van der Waals surface area (Å²) in [5.74, 6) is 0.0762. The normalized spacial score (nSPS) is 10.4. The molecule has 2 heterocycles. The fraction of sp³-hybridized carbons (Fsp3) is 0.0476. The fourth-order valence-corrected chi connectivity index (χ4v) is 3.50. The smallest absolute Gasteiger partial charge is 0.265 e. The Kier molecular flexibility index (Phi) is 5.53. The molecule has 0 saturated carbocycles. The number of methoxy groups -OCH3 is 1. The number of hydrogen-bond acceptors (Lipinski definition) is 6. The van der Waals surface area contributed by atoms with Crippen molar-refractivity contribution in [1.82, 2.24) is 14.8 Å². The number of thiophene rings is 1. The molecule has 0 aliphatic rings. The lowest BCUT2D eigenvalue weighted by atomic mass is 10.2. The number of ether oxygens (including phenoxy) is 1. The van der Waals surface area contributed by atoms with Crippen molar-refractivity contribution in [3.63, 3.8) is 0 Å². The van der Waals surface area contributed by atoms with Crippen LogP contribution in [0.15, 0.2) is 73.3 Å². The van der Waals surface area contributed by atoms with Crippen LogP contribution >= 0.6 is 11.3 Å². The fourth-order valence-electron chi connectivity index (χ4n) is 2.71. The van der Waals surface area contributed by atoms with E-state index in [2.05, 4.69) is 20.7 Å². The maximum absolute atomic E-state index is 12.5. The van der Waals surface area contributed by atoms with Gasteiger partial charge in [0, 0.05) is 17.4 Å². The third-order valence-corrected chi connectivity index (χ3v) is 5.27. The van der Waals surface area contributed by atoms with Gasteiger partial charge in [-0.15, -0.1) is 11.3 Å². The zero-order valence-electron chi connectivity index (χ0n) is 15.9. The molecule has 0 aliphatic heterocycles. The van der Waals surface area contributed by atoms with Gasteiger partial charge in [0.25, 0.3) is 11.8 Å². The number of benzene rings is 2. The third-order valence-electron chi connectivity index (χ3n) is 4.19. The lowest BCUT2D eigenvalue weighted by Gasteiger charge is -2.06. The van der Waals surface area contributed by atoms with Crippen LogP contribution in [0, 0.1) is 0 Å². The molecule has 4 rings (SSSR count). The van der Waals surface area contributed by atoms with Crippen LogP contribution in [-0.4, -0.2) is 33.7 Å². The third kappa shape index (κ3) is 4.36. The number of anilines is 2. The zero-order chi connectivity index (χ0) is 20.9. The SMILES string of the molecule is COc1cccc(NC(=O)c2ccc(C(=O)Nc3ccc(-n4cncn4)cc3)s2)c1. The van der Waals surface area contributed by atoms with E-state index in [0.717, 1.165) is 17.0 Å². The molecule has 2 N–H and O–H groups in total. The van der Waals surface area contributed by atoms with Crippen LogP contribution in [0.25, 0.3) is 5.69 Å². The van der Waals surface area contributed by atoms with Gasteiger partial charge >= 0.3 is 0 Å². The van der Waals surface area contributed by atoms with Gasteiger partial charge < -0.3 is 15.4 Å². The molecule has 9 heteroatoms. The Morgan fingerprint density at radius 2 is 1.63 bits per heavy atom. The van der Waals surface area contributed by atoms with Gasteiger partial charge in [-0.1, -0.05) is 6.07 Å². The number of amides is 2.